The Morgan fingerprint density at radius 3 is 2.38 bits per heavy atom. The minimum Gasteiger partial charge on any atom is -0.399 e. The Kier molecular flexibility index (Phi) is 3.34. The molecule has 2 aromatic heterocycles. The lowest BCUT2D eigenvalue weighted by Gasteiger charge is -2.32. The number of pyridine rings is 1. The average Bonchev–Trinajstić information content (AvgIpc) is 3.06. The van der Waals surface area contributed by atoms with Crippen LogP contribution in [-0.2, 0) is 9.31 Å². The van der Waals surface area contributed by atoms with E-state index >= 15 is 0 Å². The molecule has 0 saturated carbocycles. The first-order valence-corrected chi connectivity index (χ1v) is 8.25. The fourth-order valence-corrected chi connectivity index (χ4v) is 2.94. The number of fused-ring (bicyclic) bond motifs is 1. The summed E-state index contributed by atoms with van der Waals surface area (Å²) in [5.41, 5.74) is 3.40. The molecule has 0 amide bonds. The Bertz CT molecular complexity index is 871. The van der Waals surface area contributed by atoms with Crippen molar-refractivity contribution in [3.63, 3.8) is 0 Å². The van der Waals surface area contributed by atoms with E-state index in [1.807, 2.05) is 18.2 Å². The largest absolute Gasteiger partial charge is 0.494 e. The molecule has 1 aromatic carbocycles. The van der Waals surface area contributed by atoms with E-state index < -0.39 is 0 Å². The molecular formula is C19H21BN2O2. The van der Waals surface area contributed by atoms with Gasteiger partial charge in [0.05, 0.1) is 22.6 Å². The third-order valence-corrected chi connectivity index (χ3v) is 5.11. The van der Waals surface area contributed by atoms with Crippen molar-refractivity contribution in [3.05, 3.63) is 48.7 Å². The minimum atomic E-state index is -0.340. The first-order chi connectivity index (χ1) is 11.4. The molecule has 24 heavy (non-hydrogen) atoms. The smallest absolute Gasteiger partial charge is 0.399 e. The summed E-state index contributed by atoms with van der Waals surface area (Å²) < 4.78 is 12.3. The molecule has 0 unspecified atom stereocenters. The van der Waals surface area contributed by atoms with Crippen molar-refractivity contribution in [2.75, 3.05) is 0 Å². The van der Waals surface area contributed by atoms with Crippen molar-refractivity contribution in [3.8, 4) is 11.4 Å². The highest BCUT2D eigenvalue weighted by atomic mass is 16.7. The number of nitrogens with zero attached hydrogens (tertiary/aromatic N) is 1. The SMILES string of the molecule is CC1(C)OB(c2ccc3[nH]c(-c4ccccn4)cc3c2)OC1(C)C. The minimum absolute atomic E-state index is 0.329. The van der Waals surface area contributed by atoms with Gasteiger partial charge in [-0.2, -0.15) is 0 Å². The van der Waals surface area contributed by atoms with Crippen LogP contribution < -0.4 is 5.46 Å². The van der Waals surface area contributed by atoms with Crippen LogP contribution in [0, 0.1) is 0 Å². The van der Waals surface area contributed by atoms with Crippen molar-refractivity contribution < 1.29 is 9.31 Å². The van der Waals surface area contributed by atoms with Crippen LogP contribution in [0.3, 0.4) is 0 Å². The predicted octanol–water partition coefficient (Wildman–Crippen LogP) is 3.53. The fourth-order valence-electron chi connectivity index (χ4n) is 2.94. The van der Waals surface area contributed by atoms with Gasteiger partial charge >= 0.3 is 7.12 Å². The van der Waals surface area contributed by atoms with Gasteiger partial charge in [-0.25, -0.2) is 0 Å². The van der Waals surface area contributed by atoms with Gasteiger partial charge in [0.25, 0.3) is 0 Å². The van der Waals surface area contributed by atoms with E-state index in [9.17, 15) is 0 Å². The van der Waals surface area contributed by atoms with Gasteiger partial charge in [0.2, 0.25) is 0 Å². The van der Waals surface area contributed by atoms with Crippen LogP contribution >= 0.6 is 0 Å². The van der Waals surface area contributed by atoms with Gasteiger partial charge in [0.15, 0.2) is 0 Å². The summed E-state index contributed by atoms with van der Waals surface area (Å²) in [4.78, 5) is 7.82. The summed E-state index contributed by atoms with van der Waals surface area (Å²) in [6.07, 6.45) is 1.80. The summed E-state index contributed by atoms with van der Waals surface area (Å²) in [6.45, 7) is 8.28. The van der Waals surface area contributed by atoms with Crippen LogP contribution in [0.1, 0.15) is 27.7 Å². The van der Waals surface area contributed by atoms with E-state index in [2.05, 4.69) is 61.9 Å². The third kappa shape index (κ3) is 2.45. The summed E-state index contributed by atoms with van der Waals surface area (Å²) in [7, 11) is -0.340. The van der Waals surface area contributed by atoms with E-state index in [-0.39, 0.29) is 18.3 Å². The molecule has 1 N–H and O–H groups in total. The number of rotatable bonds is 2. The van der Waals surface area contributed by atoms with E-state index in [1.54, 1.807) is 6.20 Å². The third-order valence-electron chi connectivity index (χ3n) is 5.11. The maximum Gasteiger partial charge on any atom is 0.494 e. The van der Waals surface area contributed by atoms with Crippen LogP contribution in [0.4, 0.5) is 0 Å². The number of hydrogen-bond acceptors (Lipinski definition) is 3. The quantitative estimate of drug-likeness (QED) is 0.735. The second-order valence-electron chi connectivity index (χ2n) is 7.33. The van der Waals surface area contributed by atoms with E-state index in [4.69, 9.17) is 9.31 Å². The number of hydrogen-bond donors (Lipinski definition) is 1. The van der Waals surface area contributed by atoms with Gasteiger partial charge < -0.3 is 14.3 Å². The van der Waals surface area contributed by atoms with Gasteiger partial charge in [-0.15, -0.1) is 0 Å². The van der Waals surface area contributed by atoms with E-state index in [1.165, 1.54) is 0 Å². The number of benzene rings is 1. The molecule has 1 aliphatic heterocycles. The second kappa shape index (κ2) is 5.20. The molecule has 3 heterocycles. The van der Waals surface area contributed by atoms with Crippen molar-refractivity contribution in [1.29, 1.82) is 0 Å². The number of aromatic nitrogens is 2. The summed E-state index contributed by atoms with van der Waals surface area (Å²) in [5, 5.41) is 1.13. The lowest BCUT2D eigenvalue weighted by molar-refractivity contribution is 0.00578. The summed E-state index contributed by atoms with van der Waals surface area (Å²) in [6, 6.07) is 14.3. The Labute approximate surface area is 142 Å². The maximum absolute atomic E-state index is 6.15. The highest BCUT2D eigenvalue weighted by molar-refractivity contribution is 6.62. The molecule has 0 bridgehead atoms. The van der Waals surface area contributed by atoms with Gasteiger partial charge in [-0.05, 0) is 62.8 Å². The second-order valence-corrected chi connectivity index (χ2v) is 7.33. The molecular weight excluding hydrogens is 299 g/mol. The van der Waals surface area contributed by atoms with E-state index in [0.29, 0.717) is 0 Å². The standard InChI is InChI=1S/C19H21BN2O2/c1-18(2)19(3,4)24-20(23-18)14-8-9-15-13(11-14)12-17(22-15)16-7-5-6-10-21-16/h5-12,22H,1-4H3. The molecule has 0 aliphatic carbocycles. The average molecular weight is 320 g/mol. The number of H-pyrrole nitrogens is 1. The lowest BCUT2D eigenvalue weighted by Crippen LogP contribution is -2.41. The fraction of sp³-hybridized carbons (Fsp3) is 0.316. The summed E-state index contributed by atoms with van der Waals surface area (Å²) in [5.74, 6) is 0. The Morgan fingerprint density at radius 1 is 0.958 bits per heavy atom. The number of aromatic amines is 1. The monoisotopic (exact) mass is 320 g/mol. The van der Waals surface area contributed by atoms with Gasteiger partial charge in [0, 0.05) is 11.7 Å². The first-order valence-electron chi connectivity index (χ1n) is 8.25. The first kappa shape index (κ1) is 15.4. The van der Waals surface area contributed by atoms with Crippen LogP contribution in [0.25, 0.3) is 22.3 Å². The zero-order valence-corrected chi connectivity index (χ0v) is 14.5. The molecule has 1 aliphatic rings. The molecule has 122 valence electrons. The number of nitrogens with one attached hydrogen (secondary N) is 1. The molecule has 4 rings (SSSR count). The Morgan fingerprint density at radius 2 is 1.71 bits per heavy atom. The van der Waals surface area contributed by atoms with Crippen LogP contribution in [0.5, 0.6) is 0 Å². The molecule has 1 saturated heterocycles. The van der Waals surface area contributed by atoms with Crippen molar-refractivity contribution >= 4 is 23.5 Å². The molecule has 4 nitrogen and oxygen atoms in total. The van der Waals surface area contributed by atoms with E-state index in [0.717, 1.165) is 27.8 Å². The van der Waals surface area contributed by atoms with Crippen LogP contribution in [0.2, 0.25) is 0 Å². The van der Waals surface area contributed by atoms with Crippen LogP contribution in [-0.4, -0.2) is 28.3 Å². The highest BCUT2D eigenvalue weighted by Gasteiger charge is 2.51. The summed E-state index contributed by atoms with van der Waals surface area (Å²) >= 11 is 0. The maximum atomic E-state index is 6.15. The Hall–Kier alpha value is -2.11. The Balaban J connectivity index is 1.70. The van der Waals surface area contributed by atoms with Crippen molar-refractivity contribution in [2.24, 2.45) is 0 Å². The molecule has 0 spiro atoms. The zero-order valence-electron chi connectivity index (χ0n) is 14.5. The van der Waals surface area contributed by atoms with Crippen LogP contribution in [0.15, 0.2) is 48.7 Å². The predicted molar refractivity (Wildman–Crippen MR) is 97.2 cm³/mol. The van der Waals surface area contributed by atoms with Gasteiger partial charge in [-0.1, -0.05) is 18.2 Å². The highest BCUT2D eigenvalue weighted by Crippen LogP contribution is 2.36. The van der Waals surface area contributed by atoms with Crippen molar-refractivity contribution in [1.82, 2.24) is 9.97 Å². The van der Waals surface area contributed by atoms with Gasteiger partial charge in [0.1, 0.15) is 0 Å². The molecule has 5 heteroatoms. The molecule has 1 fully saturated rings. The molecule has 0 radical (unpaired) electrons. The lowest BCUT2D eigenvalue weighted by atomic mass is 9.79. The normalized spacial score (nSPS) is 19.1. The van der Waals surface area contributed by atoms with Crippen molar-refractivity contribution in [2.45, 2.75) is 38.9 Å². The topological polar surface area (TPSA) is 47.1 Å². The van der Waals surface area contributed by atoms with Gasteiger partial charge in [-0.3, -0.25) is 4.98 Å². The molecule has 0 atom stereocenters. The zero-order chi connectivity index (χ0) is 16.9. The molecule has 3 aromatic rings.